The molecule has 0 heterocycles. The van der Waals surface area contributed by atoms with Crippen molar-refractivity contribution in [3.05, 3.63) is 29.8 Å². The van der Waals surface area contributed by atoms with Gasteiger partial charge in [-0.1, -0.05) is 28.1 Å². The lowest BCUT2D eigenvalue weighted by atomic mass is 10.1. The Morgan fingerprint density at radius 1 is 1.57 bits per heavy atom. The second-order valence-electron chi connectivity index (χ2n) is 3.04. The summed E-state index contributed by atoms with van der Waals surface area (Å²) in [6, 6.07) is 7.30. The van der Waals surface area contributed by atoms with Gasteiger partial charge < -0.3 is 14.8 Å². The average molecular weight is 257 g/mol. The Labute approximate surface area is 91.5 Å². The third-order valence-electron chi connectivity index (χ3n) is 1.99. The molecule has 0 aliphatic carbocycles. The number of hydrogen-bond donors (Lipinski definition) is 0. The van der Waals surface area contributed by atoms with Crippen molar-refractivity contribution in [1.29, 1.82) is 0 Å². The van der Waals surface area contributed by atoms with Crippen LogP contribution in [0, 0.1) is 0 Å². The van der Waals surface area contributed by atoms with Crippen LogP contribution in [0.2, 0.25) is 0 Å². The summed E-state index contributed by atoms with van der Waals surface area (Å²) in [4.78, 5) is 11.9. The van der Waals surface area contributed by atoms with Crippen molar-refractivity contribution in [3.63, 3.8) is 0 Å². The number of alkyl halides is 1. The summed E-state index contributed by atoms with van der Waals surface area (Å²) in [5.74, 6) is 0. The predicted octanol–water partition coefficient (Wildman–Crippen LogP) is 1.92. The first-order valence-electron chi connectivity index (χ1n) is 4.21. The lowest BCUT2D eigenvalue weighted by molar-refractivity contribution is -0.246. The molecule has 14 heavy (non-hydrogen) atoms. The molecule has 3 nitrogen and oxygen atoms in total. The molecule has 1 aromatic rings. The van der Waals surface area contributed by atoms with Crippen molar-refractivity contribution in [2.45, 2.75) is 11.8 Å². The molecule has 0 saturated carbocycles. The minimum Gasteiger partial charge on any atom is -0.530 e. The minimum absolute atomic E-state index is 0.206. The van der Waals surface area contributed by atoms with E-state index >= 15 is 0 Å². The maximum Gasteiger partial charge on any atom is 0.141 e. The van der Waals surface area contributed by atoms with Crippen LogP contribution in [0.3, 0.4) is 0 Å². The molecular weight excluding hydrogens is 246 g/mol. The summed E-state index contributed by atoms with van der Waals surface area (Å²) in [5, 5.41) is 10.6. The molecule has 0 aliphatic rings. The van der Waals surface area contributed by atoms with Crippen LogP contribution in [-0.2, 0) is 0 Å². The van der Waals surface area contributed by atoms with E-state index in [9.17, 15) is 9.90 Å². The number of rotatable bonds is 2. The van der Waals surface area contributed by atoms with Crippen LogP contribution in [0.5, 0.6) is 0 Å². The molecule has 0 saturated heterocycles. The van der Waals surface area contributed by atoms with Gasteiger partial charge >= 0.3 is 0 Å². The van der Waals surface area contributed by atoms with Gasteiger partial charge in [-0.05, 0) is 24.6 Å². The molecule has 0 bridgehead atoms. The molecule has 1 atom stereocenters. The number of amides is 1. The number of carbonyl (C=O) groups is 1. The molecule has 0 aromatic heterocycles. The number of carbonyl (C=O) groups excluding carboxylic acids is 1. The third-order valence-corrected chi connectivity index (χ3v) is 2.52. The molecule has 0 N–H and O–H groups in total. The fourth-order valence-electron chi connectivity index (χ4n) is 1.09. The fourth-order valence-corrected chi connectivity index (χ4v) is 1.37. The number of hydrogen-bond acceptors (Lipinski definition) is 2. The Bertz CT molecular complexity index is 339. The number of halogens is 1. The summed E-state index contributed by atoms with van der Waals surface area (Å²) in [5.41, 5.74) is 1.66. The Kier molecular flexibility index (Phi) is 3.52. The van der Waals surface area contributed by atoms with Crippen molar-refractivity contribution in [3.8, 4) is 0 Å². The highest BCUT2D eigenvalue weighted by atomic mass is 79.9. The molecule has 76 valence electrons. The Morgan fingerprint density at radius 3 is 2.71 bits per heavy atom. The first kappa shape index (κ1) is 11.0. The first-order chi connectivity index (χ1) is 6.52. The molecule has 4 heteroatoms. The van der Waals surface area contributed by atoms with Gasteiger partial charge in [0.1, 0.15) is 6.09 Å². The van der Waals surface area contributed by atoms with Crippen LogP contribution in [0.1, 0.15) is 17.3 Å². The Morgan fingerprint density at radius 2 is 2.21 bits per heavy atom. The number of benzene rings is 1. The number of nitrogens with zero attached hydrogens (tertiary/aromatic N) is 1. The quantitative estimate of drug-likeness (QED) is 0.759. The van der Waals surface area contributed by atoms with E-state index in [-0.39, 0.29) is 4.83 Å². The van der Waals surface area contributed by atoms with Crippen LogP contribution in [0.15, 0.2) is 24.3 Å². The zero-order valence-corrected chi connectivity index (χ0v) is 9.61. The van der Waals surface area contributed by atoms with Crippen LogP contribution in [-0.4, -0.2) is 13.1 Å². The van der Waals surface area contributed by atoms with Crippen LogP contribution in [0.25, 0.3) is 0 Å². The molecule has 1 aromatic carbocycles. The van der Waals surface area contributed by atoms with Crippen molar-refractivity contribution in [2.75, 3.05) is 11.9 Å². The van der Waals surface area contributed by atoms with E-state index in [1.165, 1.54) is 7.05 Å². The third kappa shape index (κ3) is 2.48. The van der Waals surface area contributed by atoms with E-state index in [0.717, 1.165) is 10.5 Å². The molecule has 1 unspecified atom stereocenters. The van der Waals surface area contributed by atoms with Crippen LogP contribution >= 0.6 is 15.9 Å². The van der Waals surface area contributed by atoms with Gasteiger partial charge in [0.15, 0.2) is 0 Å². The van der Waals surface area contributed by atoms with Gasteiger partial charge in [-0.3, -0.25) is 0 Å². The van der Waals surface area contributed by atoms with Gasteiger partial charge in [0.05, 0.1) is 0 Å². The predicted molar refractivity (Wildman–Crippen MR) is 57.6 cm³/mol. The van der Waals surface area contributed by atoms with Crippen LogP contribution < -0.4 is 10.0 Å². The summed E-state index contributed by atoms with van der Waals surface area (Å²) >= 11 is 3.42. The molecule has 0 radical (unpaired) electrons. The van der Waals surface area contributed by atoms with E-state index in [2.05, 4.69) is 15.9 Å². The van der Waals surface area contributed by atoms with E-state index in [1.54, 1.807) is 6.07 Å². The number of anilines is 1. The smallest absolute Gasteiger partial charge is 0.141 e. The topological polar surface area (TPSA) is 43.4 Å². The van der Waals surface area contributed by atoms with Gasteiger partial charge in [-0.15, -0.1) is 0 Å². The van der Waals surface area contributed by atoms with Gasteiger partial charge in [-0.2, -0.15) is 0 Å². The van der Waals surface area contributed by atoms with Crippen molar-refractivity contribution >= 4 is 27.7 Å². The van der Waals surface area contributed by atoms with E-state index < -0.39 is 6.09 Å². The molecule has 0 aliphatic heterocycles. The standard InChI is InChI=1S/C10H12BrNO2/c1-7(11)8-4-3-5-9(6-8)12(2)10(13)14/h3-7H,1-2H3,(H,13,14)/p-1. The highest BCUT2D eigenvalue weighted by Gasteiger charge is 2.05. The molecule has 0 spiro atoms. The second-order valence-corrected chi connectivity index (χ2v) is 4.41. The largest absolute Gasteiger partial charge is 0.530 e. The maximum atomic E-state index is 10.6. The monoisotopic (exact) mass is 256 g/mol. The van der Waals surface area contributed by atoms with Crippen molar-refractivity contribution in [2.24, 2.45) is 0 Å². The lowest BCUT2D eigenvalue weighted by Gasteiger charge is -2.20. The fraction of sp³-hybridized carbons (Fsp3) is 0.300. The Hall–Kier alpha value is -1.03. The number of carboxylic acid groups (broad SMARTS) is 1. The summed E-state index contributed by atoms with van der Waals surface area (Å²) < 4.78 is 0. The van der Waals surface area contributed by atoms with Crippen LogP contribution in [0.4, 0.5) is 10.5 Å². The van der Waals surface area contributed by atoms with Gasteiger partial charge in [-0.25, -0.2) is 0 Å². The van der Waals surface area contributed by atoms with E-state index in [1.807, 2.05) is 25.1 Å². The highest BCUT2D eigenvalue weighted by molar-refractivity contribution is 9.09. The maximum absolute atomic E-state index is 10.6. The zero-order chi connectivity index (χ0) is 10.7. The van der Waals surface area contributed by atoms with Gasteiger partial charge in [0.25, 0.3) is 0 Å². The van der Waals surface area contributed by atoms with Gasteiger partial charge in [0.2, 0.25) is 0 Å². The van der Waals surface area contributed by atoms with Crippen molar-refractivity contribution < 1.29 is 9.90 Å². The Balaban J connectivity index is 2.99. The first-order valence-corrected chi connectivity index (χ1v) is 5.12. The summed E-state index contributed by atoms with van der Waals surface area (Å²) in [7, 11) is 1.47. The second kappa shape index (κ2) is 4.46. The van der Waals surface area contributed by atoms with Gasteiger partial charge in [0, 0.05) is 17.6 Å². The van der Waals surface area contributed by atoms with Crippen molar-refractivity contribution in [1.82, 2.24) is 0 Å². The lowest BCUT2D eigenvalue weighted by Crippen LogP contribution is -2.38. The minimum atomic E-state index is -1.20. The van der Waals surface area contributed by atoms with E-state index in [4.69, 9.17) is 0 Å². The molecule has 0 fully saturated rings. The summed E-state index contributed by atoms with van der Waals surface area (Å²) in [6.07, 6.45) is -1.20. The van der Waals surface area contributed by atoms with E-state index in [0.29, 0.717) is 5.69 Å². The summed E-state index contributed by atoms with van der Waals surface area (Å²) in [6.45, 7) is 1.98. The highest BCUT2D eigenvalue weighted by Crippen LogP contribution is 2.25. The normalized spacial score (nSPS) is 12.2. The molecule has 1 rings (SSSR count). The molecule has 1 amide bonds. The molecular formula is C10H11BrNO2-. The average Bonchev–Trinajstić information content (AvgIpc) is 2.16. The SMILES string of the molecule is CC(Br)c1cccc(N(C)C(=O)[O-])c1. The zero-order valence-electron chi connectivity index (χ0n) is 8.03.